The molecular formula is C17H33N7. The second-order valence-corrected chi connectivity index (χ2v) is 6.14. The highest BCUT2D eigenvalue weighted by Gasteiger charge is 2.27. The molecule has 24 heavy (non-hydrogen) atoms. The molecule has 7 heteroatoms. The standard InChI is InChI=1S/C17H33N7/c1-5-16-21-20-14-24(16)12-10-19-17(18-6-2)23-11-9-15(13-23)22(7-3)8-4/h14-15H,5-13H2,1-4H3,(H,18,19). The molecule has 2 rings (SSSR count). The summed E-state index contributed by atoms with van der Waals surface area (Å²) in [6.45, 7) is 15.6. The minimum atomic E-state index is 0.647. The van der Waals surface area contributed by atoms with E-state index in [2.05, 4.69) is 57.6 Å². The van der Waals surface area contributed by atoms with Gasteiger partial charge in [-0.2, -0.15) is 0 Å². The third kappa shape index (κ3) is 4.69. The molecule has 136 valence electrons. The molecule has 7 nitrogen and oxygen atoms in total. The second kappa shape index (κ2) is 9.61. The number of nitrogens with zero attached hydrogens (tertiary/aromatic N) is 6. The first-order chi connectivity index (χ1) is 11.7. The van der Waals surface area contributed by atoms with E-state index in [9.17, 15) is 0 Å². The first kappa shape index (κ1) is 18.7. The summed E-state index contributed by atoms with van der Waals surface area (Å²) < 4.78 is 2.09. The van der Waals surface area contributed by atoms with Gasteiger partial charge >= 0.3 is 0 Å². The molecule has 1 aliphatic heterocycles. The Morgan fingerprint density at radius 1 is 1.33 bits per heavy atom. The molecule has 1 atom stereocenters. The van der Waals surface area contributed by atoms with Crippen LogP contribution in [0, 0.1) is 0 Å². The van der Waals surface area contributed by atoms with E-state index in [4.69, 9.17) is 4.99 Å². The summed E-state index contributed by atoms with van der Waals surface area (Å²) >= 11 is 0. The van der Waals surface area contributed by atoms with Crippen LogP contribution in [0.25, 0.3) is 0 Å². The molecule has 0 amide bonds. The summed E-state index contributed by atoms with van der Waals surface area (Å²) in [5, 5.41) is 11.6. The number of guanidine groups is 1. The minimum Gasteiger partial charge on any atom is -0.357 e. The Morgan fingerprint density at radius 2 is 2.12 bits per heavy atom. The van der Waals surface area contributed by atoms with Gasteiger partial charge in [-0.25, -0.2) is 0 Å². The van der Waals surface area contributed by atoms with Crippen molar-refractivity contribution in [1.82, 2.24) is 29.9 Å². The van der Waals surface area contributed by atoms with Gasteiger partial charge in [0.2, 0.25) is 0 Å². The van der Waals surface area contributed by atoms with Gasteiger partial charge in [-0.1, -0.05) is 20.8 Å². The van der Waals surface area contributed by atoms with Crippen molar-refractivity contribution in [1.29, 1.82) is 0 Å². The van der Waals surface area contributed by atoms with Gasteiger partial charge in [0.1, 0.15) is 12.2 Å². The van der Waals surface area contributed by atoms with E-state index in [0.717, 1.165) is 64.0 Å². The maximum atomic E-state index is 4.83. The SMILES string of the molecule is CCNC(=NCCn1cnnc1CC)N1CCC(N(CC)CC)C1. The number of aliphatic imine (C=N–C) groups is 1. The Morgan fingerprint density at radius 3 is 2.79 bits per heavy atom. The second-order valence-electron chi connectivity index (χ2n) is 6.14. The van der Waals surface area contributed by atoms with Gasteiger partial charge in [-0.3, -0.25) is 9.89 Å². The molecule has 0 aliphatic carbocycles. The maximum Gasteiger partial charge on any atom is 0.194 e. The summed E-state index contributed by atoms with van der Waals surface area (Å²) in [6.07, 6.45) is 3.92. The zero-order valence-corrected chi connectivity index (χ0v) is 15.7. The normalized spacial score (nSPS) is 18.6. The summed E-state index contributed by atoms with van der Waals surface area (Å²) in [7, 11) is 0. The third-order valence-electron chi connectivity index (χ3n) is 4.74. The molecule has 0 aromatic carbocycles. The Kier molecular flexibility index (Phi) is 7.49. The molecule has 0 radical (unpaired) electrons. The molecule has 1 unspecified atom stereocenters. The fraction of sp³-hybridized carbons (Fsp3) is 0.824. The predicted molar refractivity (Wildman–Crippen MR) is 98.3 cm³/mol. The number of nitrogens with one attached hydrogen (secondary N) is 1. The molecule has 1 aromatic rings. The highest BCUT2D eigenvalue weighted by molar-refractivity contribution is 5.80. The topological polar surface area (TPSA) is 61.6 Å². The number of aromatic nitrogens is 3. The quantitative estimate of drug-likeness (QED) is 0.572. The van der Waals surface area contributed by atoms with Gasteiger partial charge in [-0.05, 0) is 26.4 Å². The molecule has 0 spiro atoms. The van der Waals surface area contributed by atoms with E-state index in [0.29, 0.717) is 6.04 Å². The Hall–Kier alpha value is -1.63. The van der Waals surface area contributed by atoms with Gasteiger partial charge < -0.3 is 14.8 Å². The lowest BCUT2D eigenvalue weighted by molar-refractivity contribution is 0.223. The van der Waals surface area contributed by atoms with Crippen molar-refractivity contribution in [3.8, 4) is 0 Å². The lowest BCUT2D eigenvalue weighted by Crippen LogP contribution is -2.43. The lowest BCUT2D eigenvalue weighted by atomic mass is 10.2. The first-order valence-electron chi connectivity index (χ1n) is 9.37. The summed E-state index contributed by atoms with van der Waals surface area (Å²) in [5.41, 5.74) is 0. The number of rotatable bonds is 8. The molecule has 0 saturated carbocycles. The predicted octanol–water partition coefficient (Wildman–Crippen LogP) is 1.22. The number of hydrogen-bond acceptors (Lipinski definition) is 4. The molecular weight excluding hydrogens is 302 g/mol. The summed E-state index contributed by atoms with van der Waals surface area (Å²) in [6, 6.07) is 0.647. The van der Waals surface area contributed by atoms with E-state index in [1.807, 2.05) is 0 Å². The minimum absolute atomic E-state index is 0.647. The molecule has 1 saturated heterocycles. The number of hydrogen-bond donors (Lipinski definition) is 1. The van der Waals surface area contributed by atoms with E-state index in [-0.39, 0.29) is 0 Å². The Bertz CT molecular complexity index is 507. The van der Waals surface area contributed by atoms with Crippen LogP contribution in [0.5, 0.6) is 0 Å². The van der Waals surface area contributed by atoms with E-state index >= 15 is 0 Å². The fourth-order valence-corrected chi connectivity index (χ4v) is 3.40. The van der Waals surface area contributed by atoms with Crippen molar-refractivity contribution in [2.75, 3.05) is 39.3 Å². The van der Waals surface area contributed by atoms with Crippen LogP contribution in [0.3, 0.4) is 0 Å². The summed E-state index contributed by atoms with van der Waals surface area (Å²) in [4.78, 5) is 9.78. The van der Waals surface area contributed by atoms with Crippen molar-refractivity contribution in [3.05, 3.63) is 12.2 Å². The van der Waals surface area contributed by atoms with Crippen LogP contribution in [-0.2, 0) is 13.0 Å². The van der Waals surface area contributed by atoms with Crippen molar-refractivity contribution in [2.45, 2.75) is 53.1 Å². The zero-order chi connectivity index (χ0) is 17.4. The molecule has 1 N–H and O–H groups in total. The van der Waals surface area contributed by atoms with Gasteiger partial charge in [0, 0.05) is 38.6 Å². The monoisotopic (exact) mass is 335 g/mol. The largest absolute Gasteiger partial charge is 0.357 e. The van der Waals surface area contributed by atoms with E-state index in [1.54, 1.807) is 6.33 Å². The average Bonchev–Trinajstić information content (AvgIpc) is 3.24. The molecule has 2 heterocycles. The van der Waals surface area contributed by atoms with Crippen LogP contribution < -0.4 is 5.32 Å². The molecule has 1 aromatic heterocycles. The highest BCUT2D eigenvalue weighted by atomic mass is 15.3. The average molecular weight is 336 g/mol. The van der Waals surface area contributed by atoms with Crippen LogP contribution in [-0.4, -0.2) is 75.8 Å². The van der Waals surface area contributed by atoms with Crippen LogP contribution >= 0.6 is 0 Å². The molecule has 0 bridgehead atoms. The molecule has 1 aliphatic rings. The molecule has 1 fully saturated rings. The fourth-order valence-electron chi connectivity index (χ4n) is 3.40. The van der Waals surface area contributed by atoms with Crippen LogP contribution in [0.4, 0.5) is 0 Å². The van der Waals surface area contributed by atoms with E-state index < -0.39 is 0 Å². The van der Waals surface area contributed by atoms with Gasteiger partial charge in [0.05, 0.1) is 6.54 Å². The van der Waals surface area contributed by atoms with Crippen LogP contribution in [0.2, 0.25) is 0 Å². The first-order valence-corrected chi connectivity index (χ1v) is 9.37. The number of aryl methyl sites for hydroxylation is 1. The smallest absolute Gasteiger partial charge is 0.194 e. The van der Waals surface area contributed by atoms with Gasteiger partial charge in [-0.15, -0.1) is 10.2 Å². The van der Waals surface area contributed by atoms with Gasteiger partial charge in [0.25, 0.3) is 0 Å². The van der Waals surface area contributed by atoms with Crippen molar-refractivity contribution >= 4 is 5.96 Å². The van der Waals surface area contributed by atoms with Crippen LogP contribution in [0.1, 0.15) is 39.9 Å². The Labute approximate surface area is 146 Å². The van der Waals surface area contributed by atoms with Crippen molar-refractivity contribution in [2.24, 2.45) is 4.99 Å². The highest BCUT2D eigenvalue weighted by Crippen LogP contribution is 2.15. The van der Waals surface area contributed by atoms with Gasteiger partial charge in [0.15, 0.2) is 5.96 Å². The van der Waals surface area contributed by atoms with E-state index in [1.165, 1.54) is 6.42 Å². The lowest BCUT2D eigenvalue weighted by Gasteiger charge is -2.27. The number of likely N-dealkylation sites (tertiary alicyclic amines) is 1. The Balaban J connectivity index is 1.93. The summed E-state index contributed by atoms with van der Waals surface area (Å²) in [5.74, 6) is 2.07. The number of likely N-dealkylation sites (N-methyl/N-ethyl adjacent to an activating group) is 1. The maximum absolute atomic E-state index is 4.83. The van der Waals surface area contributed by atoms with Crippen molar-refractivity contribution < 1.29 is 0 Å². The zero-order valence-electron chi connectivity index (χ0n) is 15.7. The van der Waals surface area contributed by atoms with Crippen molar-refractivity contribution in [3.63, 3.8) is 0 Å². The van der Waals surface area contributed by atoms with Crippen LogP contribution in [0.15, 0.2) is 11.3 Å². The third-order valence-corrected chi connectivity index (χ3v) is 4.74.